The summed E-state index contributed by atoms with van der Waals surface area (Å²) in [6, 6.07) is 1.75. The minimum Gasteiger partial charge on any atom is -0.312 e. The van der Waals surface area contributed by atoms with Gasteiger partial charge in [0.1, 0.15) is 0 Å². The van der Waals surface area contributed by atoms with E-state index in [1.807, 2.05) is 0 Å². The van der Waals surface area contributed by atoms with Gasteiger partial charge in [0.25, 0.3) is 0 Å². The topological polar surface area (TPSA) is 15.3 Å². The van der Waals surface area contributed by atoms with Crippen molar-refractivity contribution in [2.24, 2.45) is 0 Å². The van der Waals surface area contributed by atoms with E-state index in [2.05, 4.69) is 33.7 Å². The Hall–Kier alpha value is 0.620. The molecule has 1 aliphatic carbocycles. The fraction of sp³-hybridized carbons (Fsp3) is 1.00. The summed E-state index contributed by atoms with van der Waals surface area (Å²) in [6.45, 7) is 3.89. The fourth-order valence-corrected chi connectivity index (χ4v) is 5.30. The van der Waals surface area contributed by atoms with Crippen molar-refractivity contribution >= 4 is 23.5 Å². The van der Waals surface area contributed by atoms with Crippen molar-refractivity contribution in [2.45, 2.75) is 36.6 Å². The lowest BCUT2D eigenvalue weighted by Crippen LogP contribution is -2.38. The minimum absolute atomic E-state index is 0.785. The van der Waals surface area contributed by atoms with Crippen LogP contribution in [0.2, 0.25) is 0 Å². The van der Waals surface area contributed by atoms with Crippen molar-refractivity contribution in [3.63, 3.8) is 0 Å². The zero-order chi connectivity index (χ0) is 10.8. The van der Waals surface area contributed by atoms with E-state index in [-0.39, 0.29) is 0 Å². The average Bonchev–Trinajstić information content (AvgIpc) is 3.08. The van der Waals surface area contributed by atoms with Crippen LogP contribution in [0.5, 0.6) is 0 Å². The molecule has 3 rings (SSSR count). The van der Waals surface area contributed by atoms with E-state index in [4.69, 9.17) is 0 Å². The first-order chi connectivity index (χ1) is 7.92. The normalized spacial score (nSPS) is 36.8. The Kier molecular flexibility index (Phi) is 4.03. The molecule has 1 N–H and O–H groups in total. The van der Waals surface area contributed by atoms with E-state index >= 15 is 0 Å². The molecule has 2 aliphatic heterocycles. The van der Waals surface area contributed by atoms with Gasteiger partial charge < -0.3 is 5.32 Å². The Bertz CT molecular complexity index is 227. The van der Waals surface area contributed by atoms with Crippen LogP contribution in [0.25, 0.3) is 0 Å². The van der Waals surface area contributed by atoms with Crippen LogP contribution in [-0.2, 0) is 0 Å². The Morgan fingerprint density at radius 1 is 1.19 bits per heavy atom. The second-order valence-corrected chi connectivity index (χ2v) is 7.75. The molecule has 0 spiro atoms. The summed E-state index contributed by atoms with van der Waals surface area (Å²) in [5.41, 5.74) is 0. The summed E-state index contributed by atoms with van der Waals surface area (Å²) in [5.74, 6) is 4.08. The van der Waals surface area contributed by atoms with E-state index in [0.29, 0.717) is 0 Å². The lowest BCUT2D eigenvalue weighted by molar-refractivity contribution is 0.318. The lowest BCUT2D eigenvalue weighted by atomic mass is 10.2. The molecule has 0 amide bonds. The fourth-order valence-electron chi connectivity index (χ4n) is 2.68. The van der Waals surface area contributed by atoms with E-state index in [0.717, 1.165) is 17.3 Å². The van der Waals surface area contributed by atoms with Crippen LogP contribution in [0.1, 0.15) is 19.3 Å². The van der Waals surface area contributed by atoms with Crippen LogP contribution in [0.15, 0.2) is 0 Å². The van der Waals surface area contributed by atoms with Gasteiger partial charge in [-0.05, 0) is 19.3 Å². The highest BCUT2D eigenvalue weighted by Gasteiger charge is 2.34. The van der Waals surface area contributed by atoms with Crippen LogP contribution < -0.4 is 5.32 Å². The van der Waals surface area contributed by atoms with Crippen LogP contribution in [-0.4, -0.2) is 59.1 Å². The average molecular weight is 258 g/mol. The molecule has 0 radical (unpaired) electrons. The van der Waals surface area contributed by atoms with Gasteiger partial charge >= 0.3 is 0 Å². The molecule has 2 unspecified atom stereocenters. The van der Waals surface area contributed by atoms with E-state index in [9.17, 15) is 0 Å². The maximum Gasteiger partial charge on any atom is 0.0263 e. The molecule has 2 saturated heterocycles. The number of hydrogen-bond donors (Lipinski definition) is 1. The van der Waals surface area contributed by atoms with E-state index < -0.39 is 0 Å². The highest BCUT2D eigenvalue weighted by molar-refractivity contribution is 8.06. The molecule has 0 bridgehead atoms. The Morgan fingerprint density at radius 3 is 2.88 bits per heavy atom. The van der Waals surface area contributed by atoms with Crippen molar-refractivity contribution in [3.8, 4) is 0 Å². The molecular formula is C12H22N2S2. The summed E-state index contributed by atoms with van der Waals surface area (Å²) < 4.78 is 0. The van der Waals surface area contributed by atoms with Gasteiger partial charge in [0.15, 0.2) is 0 Å². The third kappa shape index (κ3) is 3.09. The van der Waals surface area contributed by atoms with E-state index in [1.165, 1.54) is 56.2 Å². The third-order valence-electron chi connectivity index (χ3n) is 3.80. The van der Waals surface area contributed by atoms with Gasteiger partial charge in [-0.25, -0.2) is 0 Å². The monoisotopic (exact) mass is 258 g/mol. The molecule has 0 aromatic carbocycles. The van der Waals surface area contributed by atoms with Crippen LogP contribution >= 0.6 is 23.5 Å². The van der Waals surface area contributed by atoms with Gasteiger partial charge in [0.2, 0.25) is 0 Å². The molecule has 1 saturated carbocycles. The molecule has 3 fully saturated rings. The minimum atomic E-state index is 0.785. The molecule has 0 aromatic rings. The molecule has 2 atom stereocenters. The van der Waals surface area contributed by atoms with Gasteiger partial charge in [0.05, 0.1) is 0 Å². The summed E-state index contributed by atoms with van der Waals surface area (Å²) in [6.07, 6.45) is 4.30. The SMILES string of the molecule is C1CSC(CNC2CCN(C3CC3)C2)CS1. The van der Waals surface area contributed by atoms with Crippen LogP contribution in [0, 0.1) is 0 Å². The van der Waals surface area contributed by atoms with Gasteiger partial charge in [-0.1, -0.05) is 0 Å². The van der Waals surface area contributed by atoms with Crippen molar-refractivity contribution in [2.75, 3.05) is 36.9 Å². The Morgan fingerprint density at radius 2 is 2.12 bits per heavy atom. The molecule has 0 aromatic heterocycles. The first-order valence-electron chi connectivity index (χ1n) is 6.58. The number of rotatable bonds is 4. The number of likely N-dealkylation sites (tertiary alicyclic amines) is 1. The number of nitrogens with zero attached hydrogens (tertiary/aromatic N) is 1. The maximum atomic E-state index is 3.79. The predicted octanol–water partition coefficient (Wildman–Crippen LogP) is 1.66. The number of hydrogen-bond acceptors (Lipinski definition) is 4. The van der Waals surface area contributed by atoms with Crippen molar-refractivity contribution < 1.29 is 0 Å². The van der Waals surface area contributed by atoms with Crippen molar-refractivity contribution in [1.82, 2.24) is 10.2 Å². The van der Waals surface area contributed by atoms with E-state index in [1.54, 1.807) is 0 Å². The molecule has 3 aliphatic rings. The van der Waals surface area contributed by atoms with Gasteiger partial charge in [-0.3, -0.25) is 4.90 Å². The second-order valence-electron chi connectivity index (χ2n) is 5.19. The van der Waals surface area contributed by atoms with Crippen molar-refractivity contribution in [1.29, 1.82) is 0 Å². The zero-order valence-corrected chi connectivity index (χ0v) is 11.5. The lowest BCUT2D eigenvalue weighted by Gasteiger charge is -2.23. The van der Waals surface area contributed by atoms with Gasteiger partial charge in [-0.15, -0.1) is 0 Å². The molecule has 4 heteroatoms. The Balaban J connectivity index is 1.35. The standard InChI is InChI=1S/C12H22N2S2/c1-2-11(1)14-4-3-10(8-14)13-7-12-9-15-5-6-16-12/h10-13H,1-9H2. The molecule has 92 valence electrons. The first kappa shape index (κ1) is 11.7. The number of thioether (sulfide) groups is 2. The smallest absolute Gasteiger partial charge is 0.0263 e. The maximum absolute atomic E-state index is 3.79. The zero-order valence-electron chi connectivity index (χ0n) is 9.86. The third-order valence-corrected chi connectivity index (χ3v) is 6.65. The number of nitrogens with one attached hydrogen (secondary N) is 1. The molecule has 16 heavy (non-hydrogen) atoms. The largest absolute Gasteiger partial charge is 0.312 e. The van der Waals surface area contributed by atoms with Crippen LogP contribution in [0.4, 0.5) is 0 Å². The first-order valence-corrected chi connectivity index (χ1v) is 8.79. The molecule has 2 heterocycles. The van der Waals surface area contributed by atoms with Crippen LogP contribution in [0.3, 0.4) is 0 Å². The highest BCUT2D eigenvalue weighted by Crippen LogP contribution is 2.30. The van der Waals surface area contributed by atoms with Gasteiger partial charge in [-0.2, -0.15) is 23.5 Å². The van der Waals surface area contributed by atoms with Gasteiger partial charge in [0, 0.05) is 54.2 Å². The summed E-state index contributed by atoms with van der Waals surface area (Å²) >= 11 is 4.30. The van der Waals surface area contributed by atoms with Crippen molar-refractivity contribution in [3.05, 3.63) is 0 Å². The Labute approximate surface area is 107 Å². The highest BCUT2D eigenvalue weighted by atomic mass is 32.2. The summed E-state index contributed by atoms with van der Waals surface area (Å²) in [4.78, 5) is 2.69. The summed E-state index contributed by atoms with van der Waals surface area (Å²) in [7, 11) is 0. The quantitative estimate of drug-likeness (QED) is 0.824. The molecule has 2 nitrogen and oxygen atoms in total. The molecular weight excluding hydrogens is 236 g/mol. The predicted molar refractivity (Wildman–Crippen MR) is 74.6 cm³/mol. The second kappa shape index (κ2) is 5.51. The summed E-state index contributed by atoms with van der Waals surface area (Å²) in [5, 5.41) is 4.66.